The molecule has 1 heterocycles. The summed E-state index contributed by atoms with van der Waals surface area (Å²) < 4.78 is 89.5. The number of hydrogen-bond donors (Lipinski definition) is 1. The summed E-state index contributed by atoms with van der Waals surface area (Å²) in [6.07, 6.45) is -9.58. The molecule has 0 saturated carbocycles. The van der Waals surface area contributed by atoms with Crippen molar-refractivity contribution in [2.45, 2.75) is 63.6 Å². The number of likely N-dealkylation sites (tertiary alicyclic amines) is 1. The average molecular weight is 561 g/mol. The molecule has 0 unspecified atom stereocenters. The van der Waals surface area contributed by atoms with Crippen LogP contribution in [0.3, 0.4) is 0 Å². The molecule has 2 amide bonds. The number of hydrogen-bond acceptors (Lipinski definition) is 4. The first-order valence-electron chi connectivity index (χ1n) is 12.2. The lowest BCUT2D eigenvalue weighted by Crippen LogP contribution is -2.48. The topological polar surface area (TPSA) is 67.9 Å². The fraction of sp³-hybridized carbons (Fsp3) is 0.481. The van der Waals surface area contributed by atoms with Gasteiger partial charge in [0.05, 0.1) is 18.8 Å². The van der Waals surface area contributed by atoms with Crippen molar-refractivity contribution in [1.29, 1.82) is 0 Å². The Morgan fingerprint density at radius 3 is 2.10 bits per heavy atom. The molecule has 12 heteroatoms. The number of benzene rings is 2. The SMILES string of the molecule is CC(C)(C)OC(=O)N1CCC(COCc2cc(NC(=O)C(F)(F)F)cc(C(F)(F)F)c2)(c2ccccc2)CC1. The lowest BCUT2D eigenvalue weighted by molar-refractivity contribution is -0.167. The minimum atomic E-state index is -5.26. The summed E-state index contributed by atoms with van der Waals surface area (Å²) in [5, 5.41) is 1.47. The smallest absolute Gasteiger partial charge is 0.444 e. The molecule has 0 radical (unpaired) electrons. The molecule has 0 aromatic heterocycles. The van der Waals surface area contributed by atoms with E-state index in [1.54, 1.807) is 25.7 Å². The molecule has 1 fully saturated rings. The van der Waals surface area contributed by atoms with E-state index in [-0.39, 0.29) is 18.8 Å². The third-order valence-corrected chi connectivity index (χ3v) is 6.24. The number of halogens is 6. The summed E-state index contributed by atoms with van der Waals surface area (Å²) in [4.78, 5) is 25.4. The highest BCUT2D eigenvalue weighted by atomic mass is 19.4. The van der Waals surface area contributed by atoms with Crippen LogP contribution in [0.5, 0.6) is 0 Å². The van der Waals surface area contributed by atoms with Crippen LogP contribution in [0.2, 0.25) is 0 Å². The van der Waals surface area contributed by atoms with Crippen LogP contribution >= 0.6 is 0 Å². The minimum Gasteiger partial charge on any atom is -0.444 e. The molecule has 1 N–H and O–H groups in total. The van der Waals surface area contributed by atoms with Gasteiger partial charge in [0, 0.05) is 24.2 Å². The van der Waals surface area contributed by atoms with E-state index in [2.05, 4.69) is 0 Å². The Bertz CT molecular complexity index is 1150. The highest BCUT2D eigenvalue weighted by Gasteiger charge is 2.40. The maximum atomic E-state index is 13.4. The zero-order chi connectivity index (χ0) is 29.1. The van der Waals surface area contributed by atoms with Crippen molar-refractivity contribution in [2.24, 2.45) is 0 Å². The van der Waals surface area contributed by atoms with E-state index in [4.69, 9.17) is 9.47 Å². The van der Waals surface area contributed by atoms with Gasteiger partial charge >= 0.3 is 24.4 Å². The molecule has 39 heavy (non-hydrogen) atoms. The molecule has 1 aliphatic heterocycles. The van der Waals surface area contributed by atoms with Crippen LogP contribution in [-0.4, -0.2) is 48.4 Å². The average Bonchev–Trinajstić information content (AvgIpc) is 2.82. The molecular formula is C27H30F6N2O4. The van der Waals surface area contributed by atoms with E-state index in [0.29, 0.717) is 32.0 Å². The highest BCUT2D eigenvalue weighted by Crippen LogP contribution is 2.37. The second kappa shape index (κ2) is 11.4. The van der Waals surface area contributed by atoms with Crippen LogP contribution in [0, 0.1) is 0 Å². The van der Waals surface area contributed by atoms with Crippen molar-refractivity contribution in [3.8, 4) is 0 Å². The molecule has 2 aromatic rings. The first-order chi connectivity index (χ1) is 18.0. The number of carbonyl (C=O) groups excluding carboxylic acids is 2. The van der Waals surface area contributed by atoms with Crippen LogP contribution in [0.4, 0.5) is 36.8 Å². The normalized spacial score (nSPS) is 16.1. The van der Waals surface area contributed by atoms with Crippen molar-refractivity contribution in [3.05, 3.63) is 65.2 Å². The number of amides is 2. The molecule has 2 aromatic carbocycles. The number of piperidine rings is 1. The van der Waals surface area contributed by atoms with Gasteiger partial charge in [0.15, 0.2) is 0 Å². The van der Waals surface area contributed by atoms with Gasteiger partial charge in [0.25, 0.3) is 0 Å². The predicted molar refractivity (Wildman–Crippen MR) is 131 cm³/mol. The monoisotopic (exact) mass is 560 g/mol. The second-order valence-corrected chi connectivity index (χ2v) is 10.5. The summed E-state index contributed by atoms with van der Waals surface area (Å²) in [7, 11) is 0. The molecule has 0 atom stereocenters. The van der Waals surface area contributed by atoms with Gasteiger partial charge in [-0.15, -0.1) is 0 Å². The summed E-state index contributed by atoms with van der Waals surface area (Å²) in [5.41, 5.74) is -2.21. The van der Waals surface area contributed by atoms with Crippen LogP contribution in [0.1, 0.15) is 50.3 Å². The summed E-state index contributed by atoms with van der Waals surface area (Å²) in [5.74, 6) is -2.38. The van der Waals surface area contributed by atoms with E-state index < -0.39 is 46.6 Å². The number of nitrogens with zero attached hydrogens (tertiary/aromatic N) is 1. The third-order valence-electron chi connectivity index (χ3n) is 6.24. The van der Waals surface area contributed by atoms with Crippen molar-refractivity contribution < 1.29 is 45.4 Å². The maximum absolute atomic E-state index is 13.4. The number of carbonyl (C=O) groups is 2. The first-order valence-corrected chi connectivity index (χ1v) is 12.2. The van der Waals surface area contributed by atoms with Crippen LogP contribution in [-0.2, 0) is 32.5 Å². The summed E-state index contributed by atoms with van der Waals surface area (Å²) >= 11 is 0. The molecule has 0 bridgehead atoms. The molecule has 0 aliphatic carbocycles. The molecule has 1 aliphatic rings. The van der Waals surface area contributed by atoms with Gasteiger partial charge in [0.2, 0.25) is 0 Å². The maximum Gasteiger partial charge on any atom is 0.471 e. The Morgan fingerprint density at radius 2 is 1.56 bits per heavy atom. The fourth-order valence-electron chi connectivity index (χ4n) is 4.33. The Balaban J connectivity index is 1.77. The Morgan fingerprint density at radius 1 is 0.949 bits per heavy atom. The Hall–Kier alpha value is -3.28. The lowest BCUT2D eigenvalue weighted by Gasteiger charge is -2.42. The molecular weight excluding hydrogens is 530 g/mol. The zero-order valence-corrected chi connectivity index (χ0v) is 21.7. The fourth-order valence-corrected chi connectivity index (χ4v) is 4.33. The summed E-state index contributed by atoms with van der Waals surface area (Å²) in [6, 6.07) is 11.6. The van der Waals surface area contributed by atoms with E-state index >= 15 is 0 Å². The Kier molecular flexibility index (Phi) is 8.88. The zero-order valence-electron chi connectivity index (χ0n) is 21.7. The molecule has 0 spiro atoms. The third kappa shape index (κ3) is 8.35. The van der Waals surface area contributed by atoms with Crippen molar-refractivity contribution in [3.63, 3.8) is 0 Å². The van der Waals surface area contributed by atoms with Crippen LogP contribution in [0.15, 0.2) is 48.5 Å². The largest absolute Gasteiger partial charge is 0.471 e. The molecule has 214 valence electrons. The highest BCUT2D eigenvalue weighted by molar-refractivity contribution is 5.95. The van der Waals surface area contributed by atoms with Crippen LogP contribution < -0.4 is 5.32 Å². The van der Waals surface area contributed by atoms with Crippen molar-refractivity contribution in [2.75, 3.05) is 25.0 Å². The van der Waals surface area contributed by atoms with E-state index in [0.717, 1.165) is 17.7 Å². The number of nitrogens with one attached hydrogen (secondary N) is 1. The molecule has 6 nitrogen and oxygen atoms in total. The standard InChI is InChI=1S/C27H30F6N2O4/c1-24(2,3)39-23(37)35-11-9-25(10-12-35,19-7-5-4-6-8-19)17-38-16-18-13-20(26(28,29)30)15-21(14-18)34-22(36)27(31,32)33/h4-8,13-15H,9-12,16-17H2,1-3H3,(H,34,36). The van der Waals surface area contributed by atoms with Gasteiger partial charge in [-0.05, 0) is 62.9 Å². The van der Waals surface area contributed by atoms with Gasteiger partial charge < -0.3 is 19.7 Å². The lowest BCUT2D eigenvalue weighted by atomic mass is 9.73. The van der Waals surface area contributed by atoms with Gasteiger partial charge in [-0.25, -0.2) is 4.79 Å². The van der Waals surface area contributed by atoms with E-state index in [1.165, 1.54) is 5.32 Å². The quantitative estimate of drug-likeness (QED) is 0.400. The number of ether oxygens (including phenoxy) is 2. The number of alkyl halides is 6. The predicted octanol–water partition coefficient (Wildman–Crippen LogP) is 6.69. The van der Waals surface area contributed by atoms with Gasteiger partial charge in [-0.1, -0.05) is 30.3 Å². The Labute approximate surface area is 222 Å². The molecule has 3 rings (SSSR count). The molecule has 1 saturated heterocycles. The van der Waals surface area contributed by atoms with Crippen LogP contribution in [0.25, 0.3) is 0 Å². The van der Waals surface area contributed by atoms with Gasteiger partial charge in [-0.3, -0.25) is 4.79 Å². The number of rotatable bonds is 6. The minimum absolute atomic E-state index is 0.0586. The van der Waals surface area contributed by atoms with Gasteiger partial charge in [0.1, 0.15) is 5.60 Å². The van der Waals surface area contributed by atoms with Gasteiger partial charge in [-0.2, -0.15) is 26.3 Å². The van der Waals surface area contributed by atoms with Crippen molar-refractivity contribution >= 4 is 17.7 Å². The second-order valence-electron chi connectivity index (χ2n) is 10.5. The number of anilines is 1. The van der Waals surface area contributed by atoms with E-state index in [9.17, 15) is 35.9 Å². The first kappa shape index (κ1) is 30.3. The van der Waals surface area contributed by atoms with E-state index in [1.807, 2.05) is 30.3 Å². The summed E-state index contributed by atoms with van der Waals surface area (Å²) in [6.45, 7) is 5.78. The van der Waals surface area contributed by atoms with Crippen molar-refractivity contribution in [1.82, 2.24) is 4.90 Å².